The molecule has 0 atom stereocenters. The normalized spacial score (nSPS) is 12.6. The summed E-state index contributed by atoms with van der Waals surface area (Å²) < 4.78 is 7.37. The van der Waals surface area contributed by atoms with Crippen molar-refractivity contribution in [3.8, 4) is 28.2 Å². The van der Waals surface area contributed by atoms with Gasteiger partial charge in [-0.2, -0.15) is 0 Å². The molecule has 0 spiro atoms. The van der Waals surface area contributed by atoms with Crippen LogP contribution in [0.2, 0.25) is 39.3 Å². The lowest BCUT2D eigenvalue weighted by molar-refractivity contribution is 1.15. The third-order valence-electron chi connectivity index (χ3n) is 12.5. The quantitative estimate of drug-likeness (QED) is 0.149. The Morgan fingerprint density at radius 1 is 0.271 bits per heavy atom. The van der Waals surface area contributed by atoms with E-state index in [9.17, 15) is 0 Å². The minimum Gasteiger partial charge on any atom is -0.309 e. The van der Waals surface area contributed by atoms with E-state index in [4.69, 9.17) is 0 Å². The Labute approximate surface area is 347 Å². The first kappa shape index (κ1) is 35.7. The highest BCUT2D eigenvalue weighted by atomic mass is 28.3. The molecule has 3 nitrogen and oxygen atoms in total. The van der Waals surface area contributed by atoms with E-state index < -0.39 is 16.1 Å². The van der Waals surface area contributed by atoms with Gasteiger partial charge in [0.25, 0.3) is 0 Å². The van der Waals surface area contributed by atoms with Crippen LogP contribution in [-0.2, 0) is 0 Å². The van der Waals surface area contributed by atoms with E-state index in [1.54, 1.807) is 0 Å². The van der Waals surface area contributed by atoms with Gasteiger partial charge in [0.1, 0.15) is 0 Å². The molecule has 3 aromatic heterocycles. The Bertz CT molecular complexity index is 3450. The van der Waals surface area contributed by atoms with E-state index in [1.807, 2.05) is 0 Å². The maximum atomic E-state index is 2.51. The average molecular weight is 794 g/mol. The SMILES string of the molecule is C[Si](C)(C)c1ccc2c(c1)c1cc(-c3ccc4c5cc([Si](C)(C)C)ccc5n(-c5ccc6c7ccccc7n(-c7ccccc7)c6c5)c4c3)ccc1n2-c1ccccc1. The lowest BCUT2D eigenvalue weighted by Gasteiger charge is -2.17. The maximum Gasteiger partial charge on any atom is 0.0776 e. The van der Waals surface area contributed by atoms with Gasteiger partial charge in [-0.3, -0.25) is 0 Å². The van der Waals surface area contributed by atoms with Gasteiger partial charge in [0.05, 0.1) is 49.2 Å². The van der Waals surface area contributed by atoms with Crippen LogP contribution in [0.25, 0.3) is 93.6 Å². The van der Waals surface area contributed by atoms with Crippen molar-refractivity contribution in [1.82, 2.24) is 13.7 Å². The summed E-state index contributed by atoms with van der Waals surface area (Å²) in [6.45, 7) is 14.7. The largest absolute Gasteiger partial charge is 0.309 e. The van der Waals surface area contributed by atoms with Crippen LogP contribution >= 0.6 is 0 Å². The molecule has 5 heteroatoms. The van der Waals surface area contributed by atoms with Crippen LogP contribution in [0.4, 0.5) is 0 Å². The number of benzene rings is 8. The van der Waals surface area contributed by atoms with Crippen molar-refractivity contribution in [2.75, 3.05) is 0 Å². The molecule has 0 saturated carbocycles. The van der Waals surface area contributed by atoms with Crippen LogP contribution in [-0.4, -0.2) is 29.8 Å². The lowest BCUT2D eigenvalue weighted by atomic mass is 10.0. The molecule has 0 aliphatic rings. The van der Waals surface area contributed by atoms with Crippen molar-refractivity contribution in [1.29, 1.82) is 0 Å². The summed E-state index contributed by atoms with van der Waals surface area (Å²) in [4.78, 5) is 0. The van der Waals surface area contributed by atoms with E-state index >= 15 is 0 Å². The first-order valence-corrected chi connectivity index (χ1v) is 27.9. The van der Waals surface area contributed by atoms with Gasteiger partial charge in [0.2, 0.25) is 0 Å². The molecule has 0 aliphatic heterocycles. The summed E-state index contributed by atoms with van der Waals surface area (Å²) in [7, 11) is -3.12. The van der Waals surface area contributed by atoms with Crippen molar-refractivity contribution >= 4 is 91.9 Å². The van der Waals surface area contributed by atoms with Crippen molar-refractivity contribution in [3.63, 3.8) is 0 Å². The highest BCUT2D eigenvalue weighted by molar-refractivity contribution is 6.89. The average Bonchev–Trinajstić information content (AvgIpc) is 3.87. The third kappa shape index (κ3) is 5.67. The van der Waals surface area contributed by atoms with E-state index in [-0.39, 0.29) is 0 Å². The van der Waals surface area contributed by atoms with Crippen molar-refractivity contribution in [3.05, 3.63) is 176 Å². The predicted molar refractivity (Wildman–Crippen MR) is 261 cm³/mol. The Kier molecular flexibility index (Phi) is 7.90. The summed E-state index contributed by atoms with van der Waals surface area (Å²) in [5.41, 5.74) is 13.3. The summed E-state index contributed by atoms with van der Waals surface area (Å²) in [6.07, 6.45) is 0. The van der Waals surface area contributed by atoms with Crippen LogP contribution < -0.4 is 10.4 Å². The van der Waals surface area contributed by atoms with Gasteiger partial charge < -0.3 is 13.7 Å². The summed E-state index contributed by atoms with van der Waals surface area (Å²) in [5, 5.41) is 10.7. The lowest BCUT2D eigenvalue weighted by Crippen LogP contribution is -2.37. The van der Waals surface area contributed by atoms with E-state index in [0.29, 0.717) is 0 Å². The molecule has 0 N–H and O–H groups in total. The molecule has 8 aromatic carbocycles. The van der Waals surface area contributed by atoms with Crippen LogP contribution in [0.3, 0.4) is 0 Å². The summed E-state index contributed by atoms with van der Waals surface area (Å²) in [5.74, 6) is 0. The smallest absolute Gasteiger partial charge is 0.0776 e. The third-order valence-corrected chi connectivity index (χ3v) is 16.6. The first-order valence-electron chi connectivity index (χ1n) is 20.9. The molecular weight excluding hydrogens is 747 g/mol. The first-order chi connectivity index (χ1) is 28.5. The number of aromatic nitrogens is 3. The van der Waals surface area contributed by atoms with Crippen LogP contribution in [0.1, 0.15) is 0 Å². The molecule has 11 aromatic rings. The van der Waals surface area contributed by atoms with Crippen molar-refractivity contribution < 1.29 is 0 Å². The van der Waals surface area contributed by atoms with Crippen molar-refractivity contribution in [2.24, 2.45) is 0 Å². The van der Waals surface area contributed by atoms with Gasteiger partial charge in [0, 0.05) is 49.4 Å². The molecule has 0 amide bonds. The zero-order valence-corrected chi connectivity index (χ0v) is 36.6. The number of nitrogens with zero attached hydrogens (tertiary/aromatic N) is 3. The van der Waals surface area contributed by atoms with Crippen molar-refractivity contribution in [2.45, 2.75) is 39.3 Å². The van der Waals surface area contributed by atoms with Crippen LogP contribution in [0.5, 0.6) is 0 Å². The topological polar surface area (TPSA) is 14.8 Å². The number of para-hydroxylation sites is 3. The van der Waals surface area contributed by atoms with Gasteiger partial charge >= 0.3 is 0 Å². The molecule has 11 rings (SSSR count). The predicted octanol–water partition coefficient (Wildman–Crippen LogP) is 13.7. The Hall–Kier alpha value is -6.41. The molecule has 0 unspecified atom stereocenters. The highest BCUT2D eigenvalue weighted by Gasteiger charge is 2.23. The molecular formula is C54H47N3Si2. The van der Waals surface area contributed by atoms with E-state index in [2.05, 4.69) is 229 Å². The summed E-state index contributed by atoms with van der Waals surface area (Å²) in [6, 6.07) is 66.1. The van der Waals surface area contributed by atoms with Crippen LogP contribution in [0, 0.1) is 0 Å². The molecule has 59 heavy (non-hydrogen) atoms. The second kappa shape index (κ2) is 13.1. The molecule has 286 valence electrons. The number of rotatable bonds is 6. The maximum absolute atomic E-state index is 2.51. The van der Waals surface area contributed by atoms with E-state index in [1.165, 1.54) is 98.3 Å². The van der Waals surface area contributed by atoms with Crippen LogP contribution in [0.15, 0.2) is 176 Å². The van der Waals surface area contributed by atoms with Gasteiger partial charge in [-0.1, -0.05) is 153 Å². The fraction of sp³-hybridized carbons (Fsp3) is 0.111. The van der Waals surface area contributed by atoms with Gasteiger partial charge in [0.15, 0.2) is 0 Å². The Balaban J connectivity index is 1.17. The Morgan fingerprint density at radius 2 is 0.678 bits per heavy atom. The molecule has 0 saturated heterocycles. The number of fused-ring (bicyclic) bond motifs is 9. The molecule has 0 fully saturated rings. The standard InChI is InChI=1S/C54H47N3Si2/c1-58(2,3)41-24-29-51-47(34-41)45-26-21-37(36-22-28-50-46(31-36)48-35-42(59(4,5)6)25-30-52(48)55(50)38-15-9-7-10-16-38)32-53(45)57(51)40-23-27-44-43-19-13-14-20-49(43)56(54(44)33-40)39-17-11-8-12-18-39/h7-35H,1-6H3. The highest BCUT2D eigenvalue weighted by Crippen LogP contribution is 2.40. The summed E-state index contributed by atoms with van der Waals surface area (Å²) >= 11 is 0. The zero-order chi connectivity index (χ0) is 40.2. The monoisotopic (exact) mass is 793 g/mol. The molecule has 0 aliphatic carbocycles. The fourth-order valence-electron chi connectivity index (χ4n) is 9.42. The van der Waals surface area contributed by atoms with Gasteiger partial charge in [-0.15, -0.1) is 0 Å². The molecule has 0 radical (unpaired) electrons. The Morgan fingerprint density at radius 3 is 1.31 bits per heavy atom. The fourth-order valence-corrected chi connectivity index (χ4v) is 11.7. The second-order valence-electron chi connectivity index (χ2n) is 18.3. The van der Waals surface area contributed by atoms with Gasteiger partial charge in [-0.05, 0) is 83.9 Å². The number of hydrogen-bond donors (Lipinski definition) is 0. The second-order valence-corrected chi connectivity index (χ2v) is 28.5. The van der Waals surface area contributed by atoms with E-state index in [0.717, 1.165) is 5.69 Å². The molecule has 3 heterocycles. The minimum absolute atomic E-state index is 1.16. The number of hydrogen-bond acceptors (Lipinski definition) is 0. The zero-order valence-electron chi connectivity index (χ0n) is 34.6. The van der Waals surface area contributed by atoms with Gasteiger partial charge in [-0.25, -0.2) is 0 Å². The minimum atomic E-state index is -1.57. The molecule has 0 bridgehead atoms.